The zero-order chi connectivity index (χ0) is 23.2. The van der Waals surface area contributed by atoms with Gasteiger partial charge in [-0.25, -0.2) is 4.39 Å². The Morgan fingerprint density at radius 1 is 1.18 bits per heavy atom. The number of piperidine rings is 1. The van der Waals surface area contributed by atoms with Gasteiger partial charge in [0, 0.05) is 31.8 Å². The minimum Gasteiger partial charge on any atom is -0.383 e. The minimum atomic E-state index is -0.539. The van der Waals surface area contributed by atoms with Crippen LogP contribution in [0.25, 0.3) is 11.3 Å². The van der Waals surface area contributed by atoms with E-state index in [1.807, 2.05) is 30.3 Å². The van der Waals surface area contributed by atoms with Crippen molar-refractivity contribution in [2.24, 2.45) is 0 Å². The van der Waals surface area contributed by atoms with Crippen molar-refractivity contribution < 1.29 is 18.4 Å². The lowest BCUT2D eigenvalue weighted by atomic mass is 10.0. The van der Waals surface area contributed by atoms with Crippen LogP contribution in [0.3, 0.4) is 0 Å². The van der Waals surface area contributed by atoms with E-state index < -0.39 is 5.82 Å². The Labute approximate surface area is 193 Å². The van der Waals surface area contributed by atoms with Gasteiger partial charge in [-0.2, -0.15) is 0 Å². The smallest absolute Gasteiger partial charge is 0.257 e. The highest BCUT2D eigenvalue weighted by molar-refractivity contribution is 5.94. The molecule has 1 saturated heterocycles. The summed E-state index contributed by atoms with van der Waals surface area (Å²) in [5.74, 6) is -0.240. The molecule has 4 rings (SSSR count). The highest BCUT2D eigenvalue weighted by Crippen LogP contribution is 2.35. The van der Waals surface area contributed by atoms with Crippen molar-refractivity contribution in [2.75, 3.05) is 31.7 Å². The number of ether oxygens (including phenoxy) is 1. The van der Waals surface area contributed by atoms with Crippen LogP contribution in [0.15, 0.2) is 59.1 Å². The third-order valence-electron chi connectivity index (χ3n) is 6.18. The van der Waals surface area contributed by atoms with Crippen LogP contribution in [0.5, 0.6) is 0 Å². The molecule has 33 heavy (non-hydrogen) atoms. The third-order valence-corrected chi connectivity index (χ3v) is 6.18. The predicted octanol–water partition coefficient (Wildman–Crippen LogP) is 5.15. The zero-order valence-corrected chi connectivity index (χ0v) is 19.2. The molecule has 0 bridgehead atoms. The maximum atomic E-state index is 14.4. The summed E-state index contributed by atoms with van der Waals surface area (Å²) < 4.78 is 25.6. The van der Waals surface area contributed by atoms with Gasteiger partial charge in [0.05, 0.1) is 24.3 Å². The lowest BCUT2D eigenvalue weighted by molar-refractivity contribution is 0.0676. The molecule has 2 aromatic carbocycles. The van der Waals surface area contributed by atoms with Crippen molar-refractivity contribution in [1.29, 1.82) is 0 Å². The van der Waals surface area contributed by atoms with E-state index in [9.17, 15) is 9.18 Å². The van der Waals surface area contributed by atoms with E-state index in [-0.39, 0.29) is 18.0 Å². The summed E-state index contributed by atoms with van der Waals surface area (Å²) in [7, 11) is 1.58. The van der Waals surface area contributed by atoms with Crippen LogP contribution in [0.1, 0.15) is 42.1 Å². The Kier molecular flexibility index (Phi) is 7.40. The van der Waals surface area contributed by atoms with Crippen LogP contribution in [0.4, 0.5) is 10.3 Å². The van der Waals surface area contributed by atoms with Gasteiger partial charge in [0.1, 0.15) is 11.5 Å². The molecule has 1 fully saturated rings. The Hall–Kier alpha value is -3.19. The molecule has 3 aromatic rings. The van der Waals surface area contributed by atoms with Crippen molar-refractivity contribution in [3.05, 3.63) is 71.5 Å². The van der Waals surface area contributed by atoms with Crippen LogP contribution in [0, 0.1) is 5.82 Å². The van der Waals surface area contributed by atoms with Crippen LogP contribution in [0.2, 0.25) is 0 Å². The quantitative estimate of drug-likeness (QED) is 0.474. The lowest BCUT2D eigenvalue weighted by Crippen LogP contribution is -2.39. The summed E-state index contributed by atoms with van der Waals surface area (Å²) in [6.07, 6.45) is 3.33. The molecular formula is C26H30FN3O3. The van der Waals surface area contributed by atoms with E-state index in [0.29, 0.717) is 30.8 Å². The van der Waals surface area contributed by atoms with Crippen molar-refractivity contribution in [3.8, 4) is 11.3 Å². The molecule has 1 amide bonds. The Morgan fingerprint density at radius 2 is 1.94 bits per heavy atom. The minimum absolute atomic E-state index is 0.0409. The Bertz CT molecular complexity index is 1070. The average molecular weight is 452 g/mol. The van der Waals surface area contributed by atoms with Crippen LogP contribution < -0.4 is 4.90 Å². The van der Waals surface area contributed by atoms with E-state index >= 15 is 0 Å². The molecule has 1 aromatic heterocycles. The molecule has 2 heterocycles. The fourth-order valence-corrected chi connectivity index (χ4v) is 4.34. The summed E-state index contributed by atoms with van der Waals surface area (Å²) in [4.78, 5) is 17.2. The molecular weight excluding hydrogens is 421 g/mol. The molecule has 0 spiro atoms. The average Bonchev–Trinajstić information content (AvgIpc) is 3.25. The van der Waals surface area contributed by atoms with Crippen LogP contribution >= 0.6 is 0 Å². The van der Waals surface area contributed by atoms with Gasteiger partial charge < -0.3 is 19.1 Å². The van der Waals surface area contributed by atoms with Crippen LogP contribution in [-0.4, -0.2) is 48.8 Å². The van der Waals surface area contributed by atoms with Gasteiger partial charge in [0.25, 0.3) is 5.91 Å². The topological polar surface area (TPSA) is 58.8 Å². The highest BCUT2D eigenvalue weighted by atomic mass is 19.1. The molecule has 7 heteroatoms. The van der Waals surface area contributed by atoms with Gasteiger partial charge >= 0.3 is 0 Å². The maximum absolute atomic E-state index is 14.4. The lowest BCUT2D eigenvalue weighted by Gasteiger charge is -2.34. The summed E-state index contributed by atoms with van der Waals surface area (Å²) in [6, 6.07) is 16.2. The number of benzene rings is 2. The second-order valence-electron chi connectivity index (χ2n) is 8.42. The number of aromatic nitrogens is 1. The first-order chi connectivity index (χ1) is 16.1. The van der Waals surface area contributed by atoms with E-state index in [1.165, 1.54) is 18.6 Å². The van der Waals surface area contributed by atoms with Crippen molar-refractivity contribution in [1.82, 2.24) is 10.1 Å². The first-order valence-corrected chi connectivity index (χ1v) is 11.4. The molecule has 1 aliphatic heterocycles. The standard InChI is InChI=1S/C26H30FN3O3/c1-19-10-8-9-15-30(19)26-22(24(28-33-26)20-11-4-3-5-12-20)18-29(16-17-32-2)25(31)21-13-6-7-14-23(21)27/h3-7,11-14,19H,8-10,15-18H2,1-2H3/t19-/m1/s1. The molecule has 1 aliphatic rings. The van der Waals surface area contributed by atoms with E-state index in [0.717, 1.165) is 30.5 Å². The first kappa shape index (κ1) is 23.0. The monoisotopic (exact) mass is 451 g/mol. The van der Waals surface area contributed by atoms with Gasteiger partial charge in [-0.3, -0.25) is 4.79 Å². The molecule has 0 aliphatic carbocycles. The Morgan fingerprint density at radius 3 is 2.67 bits per heavy atom. The normalized spacial score (nSPS) is 16.1. The number of anilines is 1. The maximum Gasteiger partial charge on any atom is 0.257 e. The number of methoxy groups -OCH3 is 1. The number of rotatable bonds is 8. The van der Waals surface area contributed by atoms with E-state index in [1.54, 1.807) is 24.1 Å². The van der Waals surface area contributed by atoms with Gasteiger partial charge in [-0.05, 0) is 38.3 Å². The molecule has 0 unspecified atom stereocenters. The number of hydrogen-bond acceptors (Lipinski definition) is 5. The summed E-state index contributed by atoms with van der Waals surface area (Å²) >= 11 is 0. The fraction of sp³-hybridized carbons (Fsp3) is 0.385. The predicted molar refractivity (Wildman–Crippen MR) is 126 cm³/mol. The molecule has 0 saturated carbocycles. The number of carbonyl (C=O) groups is 1. The number of halogens is 1. The van der Waals surface area contributed by atoms with Crippen molar-refractivity contribution >= 4 is 11.8 Å². The summed E-state index contributed by atoms with van der Waals surface area (Å²) in [5, 5.41) is 4.42. The number of amides is 1. The zero-order valence-electron chi connectivity index (χ0n) is 19.2. The van der Waals surface area contributed by atoms with E-state index in [4.69, 9.17) is 9.26 Å². The van der Waals surface area contributed by atoms with Crippen molar-refractivity contribution in [2.45, 2.75) is 38.8 Å². The largest absolute Gasteiger partial charge is 0.383 e. The third kappa shape index (κ3) is 5.09. The van der Waals surface area contributed by atoms with Crippen LogP contribution in [-0.2, 0) is 11.3 Å². The van der Waals surface area contributed by atoms with Gasteiger partial charge in [0.15, 0.2) is 0 Å². The summed E-state index contributed by atoms with van der Waals surface area (Å²) in [5.41, 5.74) is 2.49. The summed E-state index contributed by atoms with van der Waals surface area (Å²) in [6.45, 7) is 3.94. The molecule has 6 nitrogen and oxygen atoms in total. The number of hydrogen-bond donors (Lipinski definition) is 0. The first-order valence-electron chi connectivity index (χ1n) is 11.4. The van der Waals surface area contributed by atoms with E-state index in [2.05, 4.69) is 17.0 Å². The van der Waals surface area contributed by atoms with Gasteiger partial charge in [-0.15, -0.1) is 0 Å². The van der Waals surface area contributed by atoms with Gasteiger partial charge in [-0.1, -0.05) is 47.6 Å². The Balaban J connectivity index is 1.74. The fourth-order valence-electron chi connectivity index (χ4n) is 4.34. The SMILES string of the molecule is COCCN(Cc1c(-c2ccccc2)noc1N1CCCC[C@H]1C)C(=O)c1ccccc1F. The van der Waals surface area contributed by atoms with Gasteiger partial charge in [0.2, 0.25) is 5.88 Å². The second kappa shape index (κ2) is 10.6. The molecule has 1 atom stereocenters. The number of nitrogens with zero attached hydrogens (tertiary/aromatic N) is 3. The molecule has 0 N–H and O–H groups in total. The van der Waals surface area contributed by atoms with Crippen molar-refractivity contribution in [3.63, 3.8) is 0 Å². The second-order valence-corrected chi connectivity index (χ2v) is 8.42. The molecule has 174 valence electrons. The molecule has 0 radical (unpaired) electrons. The highest BCUT2D eigenvalue weighted by Gasteiger charge is 2.30. The number of carbonyl (C=O) groups excluding carboxylic acids is 1.